The summed E-state index contributed by atoms with van der Waals surface area (Å²) in [6.45, 7) is 1.89. The number of fused-ring (bicyclic) bond motifs is 2. The van der Waals surface area contributed by atoms with E-state index in [1.165, 1.54) is 19.3 Å². The molecule has 2 N–H and O–H groups in total. The van der Waals surface area contributed by atoms with Crippen molar-refractivity contribution < 1.29 is 9.32 Å². The Balaban J connectivity index is 1.38. The molecule has 1 aliphatic heterocycles. The number of nitrogens with zero attached hydrogens (tertiary/aromatic N) is 1. The topological polar surface area (TPSA) is 67.2 Å². The van der Waals surface area contributed by atoms with Crippen LogP contribution in [0.1, 0.15) is 25.0 Å². The van der Waals surface area contributed by atoms with Gasteiger partial charge in [0.15, 0.2) is 5.58 Å². The molecule has 2 aromatic rings. The number of carbonyl (C=O) groups is 1. The molecule has 0 radical (unpaired) electrons. The fourth-order valence-electron chi connectivity index (χ4n) is 3.47. The smallest absolute Gasteiger partial charge is 0.226 e. The van der Waals surface area contributed by atoms with Gasteiger partial charge in [-0.05, 0) is 37.9 Å². The van der Waals surface area contributed by atoms with E-state index in [2.05, 4.69) is 15.8 Å². The summed E-state index contributed by atoms with van der Waals surface area (Å²) in [5, 5.41) is 11.5. The zero-order valence-corrected chi connectivity index (χ0v) is 11.9. The van der Waals surface area contributed by atoms with Gasteiger partial charge in [0.2, 0.25) is 5.91 Å². The maximum atomic E-state index is 12.1. The Morgan fingerprint density at radius 2 is 2.38 bits per heavy atom. The van der Waals surface area contributed by atoms with E-state index in [1.807, 2.05) is 24.3 Å². The Bertz CT molecular complexity index is 681. The van der Waals surface area contributed by atoms with Gasteiger partial charge in [-0.2, -0.15) is 0 Å². The average Bonchev–Trinajstić information content (AvgIpc) is 3.12. The van der Waals surface area contributed by atoms with Crippen LogP contribution in [0, 0.1) is 5.41 Å². The number of amides is 1. The Morgan fingerprint density at radius 1 is 1.48 bits per heavy atom. The maximum Gasteiger partial charge on any atom is 0.226 e. The second-order valence-corrected chi connectivity index (χ2v) is 6.26. The van der Waals surface area contributed by atoms with Crippen molar-refractivity contribution in [3.63, 3.8) is 0 Å². The first-order valence-corrected chi connectivity index (χ1v) is 7.60. The third kappa shape index (κ3) is 2.31. The molecule has 1 aliphatic carbocycles. The van der Waals surface area contributed by atoms with Crippen molar-refractivity contribution in [1.82, 2.24) is 15.8 Å². The lowest BCUT2D eigenvalue weighted by atomic mass is 9.96. The number of piperidine rings is 1. The SMILES string of the molecule is O=C(Cc1noc2ccccc12)NCC12CCCNC1C2. The van der Waals surface area contributed by atoms with Crippen LogP contribution < -0.4 is 10.6 Å². The van der Waals surface area contributed by atoms with Crippen molar-refractivity contribution in [2.24, 2.45) is 5.41 Å². The molecule has 2 heterocycles. The molecule has 110 valence electrons. The van der Waals surface area contributed by atoms with E-state index >= 15 is 0 Å². The van der Waals surface area contributed by atoms with Crippen molar-refractivity contribution >= 4 is 16.9 Å². The molecule has 5 nitrogen and oxygen atoms in total. The van der Waals surface area contributed by atoms with E-state index in [0.717, 1.165) is 29.8 Å². The molecule has 2 fully saturated rings. The highest BCUT2D eigenvalue weighted by molar-refractivity contribution is 5.86. The fraction of sp³-hybridized carbons (Fsp3) is 0.500. The van der Waals surface area contributed by atoms with Crippen LogP contribution in [0.4, 0.5) is 0 Å². The van der Waals surface area contributed by atoms with E-state index < -0.39 is 0 Å². The van der Waals surface area contributed by atoms with Crippen LogP contribution in [0.15, 0.2) is 28.8 Å². The second-order valence-electron chi connectivity index (χ2n) is 6.26. The molecule has 0 spiro atoms. The van der Waals surface area contributed by atoms with Gasteiger partial charge in [0, 0.05) is 23.4 Å². The fourth-order valence-corrected chi connectivity index (χ4v) is 3.47. The van der Waals surface area contributed by atoms with Gasteiger partial charge in [-0.15, -0.1) is 0 Å². The predicted molar refractivity (Wildman–Crippen MR) is 78.8 cm³/mol. The van der Waals surface area contributed by atoms with Gasteiger partial charge in [0.1, 0.15) is 5.69 Å². The first kappa shape index (κ1) is 12.8. The molecule has 1 amide bonds. The van der Waals surface area contributed by atoms with Crippen LogP contribution in [0.5, 0.6) is 0 Å². The molecule has 1 saturated carbocycles. The zero-order valence-electron chi connectivity index (χ0n) is 11.9. The molecule has 1 saturated heterocycles. The minimum Gasteiger partial charge on any atom is -0.356 e. The standard InChI is InChI=1S/C16H19N3O2/c20-15(18-10-16-6-3-7-17-14(16)9-16)8-12-11-4-1-2-5-13(11)21-19-12/h1-2,4-5,14,17H,3,6-10H2,(H,18,20). The lowest BCUT2D eigenvalue weighted by molar-refractivity contribution is -0.120. The summed E-state index contributed by atoms with van der Waals surface area (Å²) in [6.07, 6.45) is 3.91. The normalized spacial score (nSPS) is 27.3. The summed E-state index contributed by atoms with van der Waals surface area (Å²) in [5.74, 6) is 0.0275. The van der Waals surface area contributed by atoms with Gasteiger partial charge >= 0.3 is 0 Å². The summed E-state index contributed by atoms with van der Waals surface area (Å²) >= 11 is 0. The number of para-hydroxylation sites is 1. The highest BCUT2D eigenvalue weighted by Crippen LogP contribution is 2.51. The summed E-state index contributed by atoms with van der Waals surface area (Å²) in [6, 6.07) is 8.25. The van der Waals surface area contributed by atoms with Crippen LogP contribution in [-0.4, -0.2) is 30.2 Å². The number of hydrogen-bond donors (Lipinski definition) is 2. The highest BCUT2D eigenvalue weighted by Gasteiger charge is 2.54. The molecule has 2 atom stereocenters. The largest absolute Gasteiger partial charge is 0.356 e. The summed E-state index contributed by atoms with van der Waals surface area (Å²) < 4.78 is 5.23. The monoisotopic (exact) mass is 285 g/mol. The van der Waals surface area contributed by atoms with Gasteiger partial charge < -0.3 is 15.2 Å². The van der Waals surface area contributed by atoms with Crippen molar-refractivity contribution in [3.8, 4) is 0 Å². The third-order valence-electron chi connectivity index (χ3n) is 4.85. The van der Waals surface area contributed by atoms with E-state index in [9.17, 15) is 4.79 Å². The van der Waals surface area contributed by atoms with Gasteiger partial charge in [-0.1, -0.05) is 17.3 Å². The summed E-state index contributed by atoms with van der Waals surface area (Å²) in [4.78, 5) is 12.1. The van der Waals surface area contributed by atoms with Gasteiger partial charge in [0.05, 0.1) is 6.42 Å². The van der Waals surface area contributed by atoms with Crippen LogP contribution in [0.25, 0.3) is 11.0 Å². The Morgan fingerprint density at radius 3 is 3.29 bits per heavy atom. The molecular weight excluding hydrogens is 266 g/mol. The Hall–Kier alpha value is -1.88. The molecule has 2 unspecified atom stereocenters. The van der Waals surface area contributed by atoms with Gasteiger partial charge in [-0.3, -0.25) is 4.79 Å². The first-order chi connectivity index (χ1) is 10.3. The van der Waals surface area contributed by atoms with E-state index in [0.29, 0.717) is 11.5 Å². The molecule has 1 aromatic heterocycles. The Labute approximate surface area is 123 Å². The molecule has 1 aromatic carbocycles. The predicted octanol–water partition coefficient (Wildman–Crippen LogP) is 1.63. The van der Waals surface area contributed by atoms with Crippen LogP contribution >= 0.6 is 0 Å². The Kier molecular flexibility index (Phi) is 2.96. The van der Waals surface area contributed by atoms with Crippen LogP contribution in [0.3, 0.4) is 0 Å². The number of rotatable bonds is 4. The number of carbonyl (C=O) groups excluding carboxylic acids is 1. The number of benzene rings is 1. The minimum absolute atomic E-state index is 0.0275. The molecule has 5 heteroatoms. The minimum atomic E-state index is 0.0275. The highest BCUT2D eigenvalue weighted by atomic mass is 16.5. The van der Waals surface area contributed by atoms with Crippen molar-refractivity contribution in [2.75, 3.05) is 13.1 Å². The number of aromatic nitrogens is 1. The molecule has 4 rings (SSSR count). The zero-order chi connectivity index (χ0) is 14.3. The lowest BCUT2D eigenvalue weighted by Crippen LogP contribution is -2.38. The van der Waals surface area contributed by atoms with Gasteiger partial charge in [0.25, 0.3) is 0 Å². The van der Waals surface area contributed by atoms with Crippen LogP contribution in [0.2, 0.25) is 0 Å². The number of nitrogens with one attached hydrogen (secondary N) is 2. The first-order valence-electron chi connectivity index (χ1n) is 7.60. The van der Waals surface area contributed by atoms with E-state index in [4.69, 9.17) is 4.52 Å². The van der Waals surface area contributed by atoms with Crippen molar-refractivity contribution in [2.45, 2.75) is 31.7 Å². The van der Waals surface area contributed by atoms with Crippen molar-refractivity contribution in [1.29, 1.82) is 0 Å². The average molecular weight is 285 g/mol. The van der Waals surface area contributed by atoms with E-state index in [-0.39, 0.29) is 12.3 Å². The second kappa shape index (κ2) is 4.84. The summed E-state index contributed by atoms with van der Waals surface area (Å²) in [5.41, 5.74) is 1.77. The molecule has 2 aliphatic rings. The van der Waals surface area contributed by atoms with E-state index in [1.54, 1.807) is 0 Å². The summed E-state index contributed by atoms with van der Waals surface area (Å²) in [7, 11) is 0. The lowest BCUT2D eigenvalue weighted by Gasteiger charge is -2.22. The van der Waals surface area contributed by atoms with Crippen LogP contribution in [-0.2, 0) is 11.2 Å². The maximum absolute atomic E-state index is 12.1. The molecular formula is C16H19N3O2. The molecule has 0 bridgehead atoms. The van der Waals surface area contributed by atoms with Crippen molar-refractivity contribution in [3.05, 3.63) is 30.0 Å². The molecule has 21 heavy (non-hydrogen) atoms. The van der Waals surface area contributed by atoms with Gasteiger partial charge in [-0.25, -0.2) is 0 Å². The number of hydrogen-bond acceptors (Lipinski definition) is 4. The quantitative estimate of drug-likeness (QED) is 0.896. The third-order valence-corrected chi connectivity index (χ3v) is 4.85.